The van der Waals surface area contributed by atoms with E-state index in [-0.39, 0.29) is 18.3 Å². The minimum absolute atomic E-state index is 0.326. The van der Waals surface area contributed by atoms with Crippen molar-refractivity contribution < 1.29 is 9.31 Å². The summed E-state index contributed by atoms with van der Waals surface area (Å²) in [5, 5.41) is 1.11. The Morgan fingerprint density at radius 3 is 2.36 bits per heavy atom. The summed E-state index contributed by atoms with van der Waals surface area (Å²) in [6.07, 6.45) is 3.95. The third kappa shape index (κ3) is 2.46. The molecule has 5 heteroatoms. The monoisotopic (exact) mass is 300 g/mol. The molecule has 0 unspecified atom stereocenters. The molecule has 0 aliphatic carbocycles. The summed E-state index contributed by atoms with van der Waals surface area (Å²) < 4.78 is 14.6. The molecule has 0 atom stereocenters. The van der Waals surface area contributed by atoms with E-state index < -0.39 is 0 Å². The lowest BCUT2D eigenvalue weighted by Crippen LogP contribution is -2.41. The van der Waals surface area contributed by atoms with Gasteiger partial charge in [0.2, 0.25) is 0 Å². The van der Waals surface area contributed by atoms with Crippen molar-refractivity contribution in [2.45, 2.75) is 59.3 Å². The minimum atomic E-state index is -0.342. The average molecular weight is 300 g/mol. The number of rotatable bonds is 3. The molecule has 0 aromatic carbocycles. The molecule has 0 radical (unpaired) electrons. The van der Waals surface area contributed by atoms with Gasteiger partial charge in [-0.1, -0.05) is 13.8 Å². The predicted octanol–water partition coefficient (Wildman–Crippen LogP) is 2.99. The summed E-state index contributed by atoms with van der Waals surface area (Å²) in [7, 11) is -0.342. The topological polar surface area (TPSA) is 36.3 Å². The highest BCUT2D eigenvalue weighted by Crippen LogP contribution is 2.36. The highest BCUT2D eigenvalue weighted by molar-refractivity contribution is 6.65. The molecule has 0 spiro atoms. The van der Waals surface area contributed by atoms with Crippen LogP contribution in [0.3, 0.4) is 0 Å². The summed E-state index contributed by atoms with van der Waals surface area (Å²) in [5.74, 6) is 0.581. The largest absolute Gasteiger partial charge is 0.495 e. The van der Waals surface area contributed by atoms with Gasteiger partial charge >= 0.3 is 7.12 Å². The highest BCUT2D eigenvalue weighted by Gasteiger charge is 2.52. The first-order valence-electron chi connectivity index (χ1n) is 8.01. The van der Waals surface area contributed by atoms with Crippen LogP contribution in [0.2, 0.25) is 0 Å². The summed E-state index contributed by atoms with van der Waals surface area (Å²) in [6, 6.07) is 4.12. The zero-order valence-corrected chi connectivity index (χ0v) is 14.4. The van der Waals surface area contributed by atoms with Crippen molar-refractivity contribution in [3.8, 4) is 0 Å². The van der Waals surface area contributed by atoms with Crippen molar-refractivity contribution in [1.82, 2.24) is 9.55 Å². The van der Waals surface area contributed by atoms with Crippen LogP contribution in [-0.4, -0.2) is 27.9 Å². The fraction of sp³-hybridized carbons (Fsp3) is 0.588. The van der Waals surface area contributed by atoms with Gasteiger partial charge in [0.25, 0.3) is 0 Å². The molecule has 2 aromatic rings. The highest BCUT2D eigenvalue weighted by atomic mass is 16.7. The molecule has 0 bridgehead atoms. The number of hydrogen-bond acceptors (Lipinski definition) is 3. The van der Waals surface area contributed by atoms with Gasteiger partial charge in [0, 0.05) is 24.3 Å². The number of fused-ring (bicyclic) bond motifs is 1. The summed E-state index contributed by atoms with van der Waals surface area (Å²) in [5.41, 5.74) is 1.41. The third-order valence-electron chi connectivity index (χ3n) is 4.77. The average Bonchev–Trinajstić information content (AvgIpc) is 2.88. The molecular weight excluding hydrogens is 275 g/mol. The van der Waals surface area contributed by atoms with Crippen molar-refractivity contribution in [2.24, 2.45) is 5.92 Å². The minimum Gasteiger partial charge on any atom is -0.399 e. The molecule has 1 saturated heterocycles. The molecule has 0 amide bonds. The zero-order chi connectivity index (χ0) is 16.1. The Morgan fingerprint density at radius 1 is 1.14 bits per heavy atom. The lowest BCUT2D eigenvalue weighted by atomic mass is 9.78. The van der Waals surface area contributed by atoms with E-state index in [0.29, 0.717) is 5.92 Å². The first kappa shape index (κ1) is 15.6. The molecule has 0 N–H and O–H groups in total. The molecule has 1 aliphatic rings. The van der Waals surface area contributed by atoms with Gasteiger partial charge in [0.05, 0.1) is 11.2 Å². The van der Waals surface area contributed by atoms with Gasteiger partial charge in [-0.2, -0.15) is 0 Å². The van der Waals surface area contributed by atoms with Crippen LogP contribution in [0.5, 0.6) is 0 Å². The number of nitrogens with zero attached hydrogens (tertiary/aromatic N) is 2. The number of pyridine rings is 1. The van der Waals surface area contributed by atoms with E-state index in [9.17, 15) is 0 Å². The Labute approximate surface area is 133 Å². The maximum atomic E-state index is 6.19. The van der Waals surface area contributed by atoms with Crippen LogP contribution >= 0.6 is 0 Å². The first-order valence-corrected chi connectivity index (χ1v) is 8.01. The molecule has 22 heavy (non-hydrogen) atoms. The maximum Gasteiger partial charge on any atom is 0.495 e. The van der Waals surface area contributed by atoms with Gasteiger partial charge in [-0.05, 0) is 51.2 Å². The molecule has 1 aliphatic heterocycles. The molecule has 2 aromatic heterocycles. The molecule has 118 valence electrons. The van der Waals surface area contributed by atoms with E-state index in [2.05, 4.69) is 63.4 Å². The van der Waals surface area contributed by atoms with Crippen LogP contribution in [0.15, 0.2) is 24.5 Å². The smallest absolute Gasteiger partial charge is 0.399 e. The fourth-order valence-corrected chi connectivity index (χ4v) is 2.83. The van der Waals surface area contributed by atoms with Crippen LogP contribution in [0, 0.1) is 5.92 Å². The quantitative estimate of drug-likeness (QED) is 0.818. The lowest BCUT2D eigenvalue weighted by molar-refractivity contribution is 0.00578. The summed E-state index contributed by atoms with van der Waals surface area (Å²) in [4.78, 5) is 4.55. The van der Waals surface area contributed by atoms with Crippen molar-refractivity contribution in [3.63, 3.8) is 0 Å². The van der Waals surface area contributed by atoms with Crippen LogP contribution in [-0.2, 0) is 15.9 Å². The van der Waals surface area contributed by atoms with Gasteiger partial charge in [-0.25, -0.2) is 4.98 Å². The van der Waals surface area contributed by atoms with E-state index in [1.807, 2.05) is 12.3 Å². The Morgan fingerprint density at radius 2 is 1.77 bits per heavy atom. The Hall–Kier alpha value is -1.33. The van der Waals surface area contributed by atoms with Gasteiger partial charge in [0.1, 0.15) is 5.65 Å². The molecule has 4 nitrogen and oxygen atoms in total. The summed E-state index contributed by atoms with van der Waals surface area (Å²) in [6.45, 7) is 13.7. The SMILES string of the molecule is CC(C)Cn1ccc2c(B3OC(C)(C)C(C)(C)O3)ccnc21. The summed E-state index contributed by atoms with van der Waals surface area (Å²) >= 11 is 0. The number of aromatic nitrogens is 2. The standard InChI is InChI=1S/C17H25BN2O2/c1-12(2)11-20-10-8-13-14(7-9-19-15(13)20)18-21-16(3,4)17(5,6)22-18/h7-10,12H,11H2,1-6H3. The third-order valence-corrected chi connectivity index (χ3v) is 4.77. The van der Waals surface area contributed by atoms with Gasteiger partial charge in [-0.15, -0.1) is 0 Å². The lowest BCUT2D eigenvalue weighted by Gasteiger charge is -2.32. The first-order chi connectivity index (χ1) is 10.2. The maximum absolute atomic E-state index is 6.19. The van der Waals surface area contributed by atoms with Crippen molar-refractivity contribution in [1.29, 1.82) is 0 Å². The molecular formula is C17H25BN2O2. The van der Waals surface area contributed by atoms with Crippen LogP contribution in [0.4, 0.5) is 0 Å². The normalized spacial score (nSPS) is 20.2. The molecule has 3 heterocycles. The van der Waals surface area contributed by atoms with Crippen LogP contribution < -0.4 is 5.46 Å². The molecule has 1 fully saturated rings. The second kappa shape index (κ2) is 5.10. The predicted molar refractivity (Wildman–Crippen MR) is 90.3 cm³/mol. The fourth-order valence-electron chi connectivity index (χ4n) is 2.83. The van der Waals surface area contributed by atoms with E-state index in [0.717, 1.165) is 23.0 Å². The van der Waals surface area contributed by atoms with E-state index in [1.165, 1.54) is 0 Å². The number of hydrogen-bond donors (Lipinski definition) is 0. The van der Waals surface area contributed by atoms with Gasteiger partial charge in [0.15, 0.2) is 0 Å². The van der Waals surface area contributed by atoms with Crippen LogP contribution in [0.25, 0.3) is 11.0 Å². The molecule has 3 rings (SSSR count). The van der Waals surface area contributed by atoms with Crippen molar-refractivity contribution >= 4 is 23.6 Å². The van der Waals surface area contributed by atoms with E-state index >= 15 is 0 Å². The second-order valence-electron chi connectivity index (χ2n) is 7.59. The van der Waals surface area contributed by atoms with Gasteiger partial charge in [-0.3, -0.25) is 0 Å². The van der Waals surface area contributed by atoms with Crippen molar-refractivity contribution in [2.75, 3.05) is 0 Å². The van der Waals surface area contributed by atoms with Crippen molar-refractivity contribution in [3.05, 3.63) is 24.5 Å². The Balaban J connectivity index is 2.01. The Kier molecular flexibility index (Phi) is 3.61. The van der Waals surface area contributed by atoms with E-state index in [1.54, 1.807) is 0 Å². The van der Waals surface area contributed by atoms with Gasteiger partial charge < -0.3 is 13.9 Å². The molecule has 0 saturated carbocycles. The van der Waals surface area contributed by atoms with E-state index in [4.69, 9.17) is 9.31 Å². The second-order valence-corrected chi connectivity index (χ2v) is 7.59. The zero-order valence-electron chi connectivity index (χ0n) is 14.4. The Bertz CT molecular complexity index is 675. The van der Waals surface area contributed by atoms with Crippen LogP contribution in [0.1, 0.15) is 41.5 Å².